The van der Waals surface area contributed by atoms with Crippen molar-refractivity contribution in [2.24, 2.45) is 0 Å². The summed E-state index contributed by atoms with van der Waals surface area (Å²) in [5.74, 6) is 0.914. The maximum absolute atomic E-state index is 12.2. The maximum Gasteiger partial charge on any atom is 0.344 e. The van der Waals surface area contributed by atoms with Crippen LogP contribution in [-0.4, -0.2) is 31.4 Å². The molecule has 0 spiro atoms. The first kappa shape index (κ1) is 19.5. The lowest BCUT2D eigenvalue weighted by atomic mass is 10.1. The lowest BCUT2D eigenvalue weighted by Gasteiger charge is -2.14. The molecular formula is C21H23NO6. The SMILES string of the molecule is Cc1ccc(OCC(=O)O[C@@H](C)C(=O)NCc2ccc3c(c2)OCO3)cc1C. The Labute approximate surface area is 163 Å². The second-order valence-electron chi connectivity index (χ2n) is 6.57. The number of nitrogens with one attached hydrogen (secondary N) is 1. The number of amides is 1. The number of rotatable bonds is 7. The summed E-state index contributed by atoms with van der Waals surface area (Å²) in [5.41, 5.74) is 3.07. The number of fused-ring (bicyclic) bond motifs is 1. The smallest absolute Gasteiger partial charge is 0.344 e. The minimum Gasteiger partial charge on any atom is -0.482 e. The molecule has 7 heteroatoms. The van der Waals surface area contributed by atoms with E-state index in [2.05, 4.69) is 5.32 Å². The van der Waals surface area contributed by atoms with Crippen molar-refractivity contribution in [1.82, 2.24) is 5.32 Å². The molecule has 1 heterocycles. The molecule has 3 rings (SSSR count). The van der Waals surface area contributed by atoms with Gasteiger partial charge in [0.25, 0.3) is 5.91 Å². The van der Waals surface area contributed by atoms with E-state index < -0.39 is 18.0 Å². The third-order valence-electron chi connectivity index (χ3n) is 4.42. The lowest BCUT2D eigenvalue weighted by Crippen LogP contribution is -2.36. The van der Waals surface area contributed by atoms with E-state index in [0.29, 0.717) is 17.2 Å². The summed E-state index contributed by atoms with van der Waals surface area (Å²) in [4.78, 5) is 24.1. The summed E-state index contributed by atoms with van der Waals surface area (Å²) in [6.45, 7) is 5.70. The van der Waals surface area contributed by atoms with Crippen LogP contribution in [0.15, 0.2) is 36.4 Å². The lowest BCUT2D eigenvalue weighted by molar-refractivity contribution is -0.156. The fourth-order valence-corrected chi connectivity index (χ4v) is 2.61. The number of hydrogen-bond acceptors (Lipinski definition) is 6. The van der Waals surface area contributed by atoms with Crippen molar-refractivity contribution >= 4 is 11.9 Å². The van der Waals surface area contributed by atoms with E-state index in [4.69, 9.17) is 18.9 Å². The Kier molecular flexibility index (Phi) is 6.03. The quantitative estimate of drug-likeness (QED) is 0.738. The summed E-state index contributed by atoms with van der Waals surface area (Å²) in [7, 11) is 0. The predicted molar refractivity (Wildman–Crippen MR) is 101 cm³/mol. The Morgan fingerprint density at radius 2 is 1.86 bits per heavy atom. The van der Waals surface area contributed by atoms with Gasteiger partial charge in [-0.15, -0.1) is 0 Å². The van der Waals surface area contributed by atoms with Gasteiger partial charge in [-0.05, 0) is 61.7 Å². The van der Waals surface area contributed by atoms with Crippen molar-refractivity contribution in [3.63, 3.8) is 0 Å². The molecule has 0 aliphatic carbocycles. The third-order valence-corrected chi connectivity index (χ3v) is 4.42. The Hall–Kier alpha value is -3.22. The molecule has 7 nitrogen and oxygen atoms in total. The molecule has 28 heavy (non-hydrogen) atoms. The van der Waals surface area contributed by atoms with Gasteiger partial charge in [-0.3, -0.25) is 4.79 Å². The topological polar surface area (TPSA) is 83.1 Å². The Morgan fingerprint density at radius 3 is 2.64 bits per heavy atom. The molecule has 0 saturated heterocycles. The monoisotopic (exact) mass is 385 g/mol. The molecule has 0 saturated carbocycles. The molecule has 1 amide bonds. The number of benzene rings is 2. The van der Waals surface area contributed by atoms with Gasteiger partial charge >= 0.3 is 5.97 Å². The molecule has 0 unspecified atom stereocenters. The standard InChI is InChI=1S/C21H23NO6/c1-13-4-6-17(8-14(13)2)25-11-20(23)28-15(3)21(24)22-10-16-5-7-18-19(9-16)27-12-26-18/h4-9,15H,10-12H2,1-3H3,(H,22,24)/t15-/m0/s1. The molecule has 0 bridgehead atoms. The van der Waals surface area contributed by atoms with Crippen LogP contribution in [0.25, 0.3) is 0 Å². The van der Waals surface area contributed by atoms with Gasteiger partial charge in [0.15, 0.2) is 24.2 Å². The molecule has 1 aliphatic rings. The van der Waals surface area contributed by atoms with Gasteiger partial charge in [0.2, 0.25) is 6.79 Å². The van der Waals surface area contributed by atoms with Crippen molar-refractivity contribution in [3.8, 4) is 17.2 Å². The second-order valence-corrected chi connectivity index (χ2v) is 6.57. The number of carbonyl (C=O) groups excluding carboxylic acids is 2. The van der Waals surface area contributed by atoms with Crippen molar-refractivity contribution in [3.05, 3.63) is 53.1 Å². The molecule has 148 valence electrons. The first-order chi connectivity index (χ1) is 13.4. The predicted octanol–water partition coefficient (Wildman–Crippen LogP) is 2.66. The van der Waals surface area contributed by atoms with E-state index in [9.17, 15) is 9.59 Å². The molecule has 2 aromatic rings. The fraction of sp³-hybridized carbons (Fsp3) is 0.333. The Balaban J connectivity index is 1.43. The van der Waals surface area contributed by atoms with Crippen LogP contribution in [0.1, 0.15) is 23.6 Å². The van der Waals surface area contributed by atoms with Gasteiger partial charge in [-0.2, -0.15) is 0 Å². The van der Waals surface area contributed by atoms with Crippen molar-refractivity contribution in [1.29, 1.82) is 0 Å². The van der Waals surface area contributed by atoms with E-state index in [1.807, 2.05) is 32.0 Å². The molecule has 1 atom stereocenters. The van der Waals surface area contributed by atoms with E-state index in [0.717, 1.165) is 16.7 Å². The summed E-state index contributed by atoms with van der Waals surface area (Å²) in [5, 5.41) is 2.73. The van der Waals surface area contributed by atoms with Crippen LogP contribution in [-0.2, 0) is 20.9 Å². The van der Waals surface area contributed by atoms with Crippen LogP contribution in [0.2, 0.25) is 0 Å². The van der Waals surface area contributed by atoms with Crippen LogP contribution < -0.4 is 19.5 Å². The molecule has 0 fully saturated rings. The molecule has 2 aromatic carbocycles. The van der Waals surface area contributed by atoms with E-state index >= 15 is 0 Å². The summed E-state index contributed by atoms with van der Waals surface area (Å²) in [6, 6.07) is 11.0. The highest BCUT2D eigenvalue weighted by Crippen LogP contribution is 2.32. The second kappa shape index (κ2) is 8.65. The number of aryl methyl sites for hydroxylation is 2. The largest absolute Gasteiger partial charge is 0.482 e. The molecule has 0 radical (unpaired) electrons. The minimum absolute atomic E-state index is 0.197. The average Bonchev–Trinajstić information content (AvgIpc) is 3.14. The normalized spacial score (nSPS) is 13.0. The zero-order chi connectivity index (χ0) is 20.1. The summed E-state index contributed by atoms with van der Waals surface area (Å²) >= 11 is 0. The van der Waals surface area contributed by atoms with E-state index in [1.54, 1.807) is 18.2 Å². The molecular weight excluding hydrogens is 362 g/mol. The first-order valence-corrected chi connectivity index (χ1v) is 8.98. The third kappa shape index (κ3) is 4.94. The van der Waals surface area contributed by atoms with Gasteiger partial charge in [0.1, 0.15) is 5.75 Å². The zero-order valence-electron chi connectivity index (χ0n) is 16.1. The van der Waals surface area contributed by atoms with Gasteiger partial charge < -0.3 is 24.3 Å². The Bertz CT molecular complexity index is 879. The highest BCUT2D eigenvalue weighted by atomic mass is 16.7. The molecule has 1 aliphatic heterocycles. The van der Waals surface area contributed by atoms with Gasteiger partial charge in [-0.1, -0.05) is 12.1 Å². The Morgan fingerprint density at radius 1 is 1.07 bits per heavy atom. The number of ether oxygens (including phenoxy) is 4. The highest BCUT2D eigenvalue weighted by Gasteiger charge is 2.19. The van der Waals surface area contributed by atoms with Crippen LogP contribution in [0, 0.1) is 13.8 Å². The van der Waals surface area contributed by atoms with Crippen molar-refractivity contribution in [2.45, 2.75) is 33.4 Å². The number of hydrogen-bond donors (Lipinski definition) is 1. The highest BCUT2D eigenvalue weighted by molar-refractivity contribution is 5.83. The van der Waals surface area contributed by atoms with Crippen LogP contribution in [0.5, 0.6) is 17.2 Å². The van der Waals surface area contributed by atoms with E-state index in [1.165, 1.54) is 6.92 Å². The number of carbonyl (C=O) groups is 2. The van der Waals surface area contributed by atoms with Crippen molar-refractivity contribution in [2.75, 3.05) is 13.4 Å². The van der Waals surface area contributed by atoms with Crippen molar-refractivity contribution < 1.29 is 28.5 Å². The fourth-order valence-electron chi connectivity index (χ4n) is 2.61. The first-order valence-electron chi connectivity index (χ1n) is 8.98. The van der Waals surface area contributed by atoms with E-state index in [-0.39, 0.29) is 19.9 Å². The van der Waals surface area contributed by atoms with Gasteiger partial charge in [0.05, 0.1) is 0 Å². The maximum atomic E-state index is 12.2. The number of esters is 1. The molecule has 1 N–H and O–H groups in total. The summed E-state index contributed by atoms with van der Waals surface area (Å²) in [6.07, 6.45) is -0.926. The minimum atomic E-state index is -0.926. The van der Waals surface area contributed by atoms with Crippen LogP contribution in [0.3, 0.4) is 0 Å². The zero-order valence-corrected chi connectivity index (χ0v) is 16.1. The summed E-state index contributed by atoms with van der Waals surface area (Å²) < 4.78 is 21.1. The molecule has 0 aromatic heterocycles. The van der Waals surface area contributed by atoms with Crippen LogP contribution >= 0.6 is 0 Å². The van der Waals surface area contributed by atoms with Gasteiger partial charge in [0, 0.05) is 6.54 Å². The van der Waals surface area contributed by atoms with Gasteiger partial charge in [-0.25, -0.2) is 4.79 Å². The average molecular weight is 385 g/mol. The van der Waals surface area contributed by atoms with Crippen LogP contribution in [0.4, 0.5) is 0 Å².